The Morgan fingerprint density at radius 3 is 2.88 bits per heavy atom. The first-order valence-corrected chi connectivity index (χ1v) is 6.03. The van der Waals surface area contributed by atoms with Gasteiger partial charge in [-0.3, -0.25) is 15.1 Å². The van der Waals surface area contributed by atoms with Crippen LogP contribution in [0.2, 0.25) is 0 Å². The summed E-state index contributed by atoms with van der Waals surface area (Å²) < 4.78 is 5.12. The Kier molecular flexibility index (Phi) is 5.84. The van der Waals surface area contributed by atoms with Crippen molar-refractivity contribution < 1.29 is 9.53 Å². The van der Waals surface area contributed by atoms with Crippen LogP contribution in [0.25, 0.3) is 0 Å². The van der Waals surface area contributed by atoms with Gasteiger partial charge < -0.3 is 9.64 Å². The quantitative estimate of drug-likeness (QED) is 0.378. The van der Waals surface area contributed by atoms with Crippen LogP contribution in [0.5, 0.6) is 0 Å². The predicted octanol–water partition coefficient (Wildman–Crippen LogP) is -0.983. The van der Waals surface area contributed by atoms with Gasteiger partial charge in [-0.1, -0.05) is 0 Å². The molecule has 1 aliphatic rings. The van der Waals surface area contributed by atoms with Gasteiger partial charge in [0.15, 0.2) is 0 Å². The highest BCUT2D eigenvalue weighted by Gasteiger charge is 2.30. The predicted molar refractivity (Wildman–Crippen MR) is 66.3 cm³/mol. The lowest BCUT2D eigenvalue weighted by molar-refractivity contribution is -0.129. The maximum Gasteiger partial charge on any atom is 0.253 e. The number of amides is 1. The molecule has 2 atom stereocenters. The van der Waals surface area contributed by atoms with Crippen LogP contribution in [0.4, 0.5) is 0 Å². The molecule has 2 unspecified atom stereocenters. The van der Waals surface area contributed by atoms with E-state index in [0.29, 0.717) is 12.6 Å². The molecule has 1 heterocycles. The van der Waals surface area contributed by atoms with Crippen molar-refractivity contribution in [3.8, 4) is 0 Å². The van der Waals surface area contributed by atoms with Crippen molar-refractivity contribution in [1.29, 1.82) is 0 Å². The van der Waals surface area contributed by atoms with Gasteiger partial charge in [-0.2, -0.15) is 0 Å². The van der Waals surface area contributed by atoms with Gasteiger partial charge in [0, 0.05) is 26.2 Å². The SMILES string of the molecule is COCC(C(=O)NN)N1CCCN(C)CC1C. The second kappa shape index (κ2) is 6.90. The molecular weight excluding hydrogens is 220 g/mol. The lowest BCUT2D eigenvalue weighted by Crippen LogP contribution is -2.55. The number of methoxy groups -OCH3 is 1. The minimum Gasteiger partial charge on any atom is -0.383 e. The van der Waals surface area contributed by atoms with Gasteiger partial charge in [0.25, 0.3) is 5.91 Å². The first-order valence-electron chi connectivity index (χ1n) is 6.03. The molecule has 0 radical (unpaired) electrons. The van der Waals surface area contributed by atoms with Crippen LogP contribution < -0.4 is 11.3 Å². The zero-order valence-electron chi connectivity index (χ0n) is 11.0. The van der Waals surface area contributed by atoms with Gasteiger partial charge in [0.05, 0.1) is 6.61 Å². The van der Waals surface area contributed by atoms with E-state index in [1.807, 2.05) is 0 Å². The summed E-state index contributed by atoms with van der Waals surface area (Å²) in [5, 5.41) is 0. The summed E-state index contributed by atoms with van der Waals surface area (Å²) in [5.74, 6) is 5.05. The number of carbonyl (C=O) groups is 1. The van der Waals surface area contributed by atoms with Gasteiger partial charge in [0.1, 0.15) is 6.04 Å². The van der Waals surface area contributed by atoms with Gasteiger partial charge >= 0.3 is 0 Å². The smallest absolute Gasteiger partial charge is 0.253 e. The molecule has 6 heteroatoms. The van der Waals surface area contributed by atoms with E-state index in [2.05, 4.69) is 29.2 Å². The van der Waals surface area contributed by atoms with Crippen LogP contribution in [-0.4, -0.2) is 68.2 Å². The lowest BCUT2D eigenvalue weighted by Gasteiger charge is -2.33. The highest BCUT2D eigenvalue weighted by atomic mass is 16.5. The number of ether oxygens (including phenoxy) is 1. The van der Waals surface area contributed by atoms with Crippen molar-refractivity contribution in [1.82, 2.24) is 15.2 Å². The van der Waals surface area contributed by atoms with Crippen molar-refractivity contribution in [3.63, 3.8) is 0 Å². The number of hydrogen-bond acceptors (Lipinski definition) is 5. The number of nitrogens with two attached hydrogens (primary N) is 1. The molecule has 0 saturated carbocycles. The van der Waals surface area contributed by atoms with E-state index in [1.54, 1.807) is 7.11 Å². The standard InChI is InChI=1S/C11H24N4O2/c1-9-7-14(2)5-4-6-15(9)10(8-17-3)11(16)13-12/h9-10H,4-8,12H2,1-3H3,(H,13,16). The zero-order chi connectivity index (χ0) is 12.8. The molecule has 3 N–H and O–H groups in total. The summed E-state index contributed by atoms with van der Waals surface area (Å²) in [6.45, 7) is 5.42. The van der Waals surface area contributed by atoms with Gasteiger partial charge in [-0.25, -0.2) is 5.84 Å². The molecule has 17 heavy (non-hydrogen) atoms. The first-order chi connectivity index (χ1) is 8.10. The Morgan fingerprint density at radius 2 is 2.29 bits per heavy atom. The van der Waals surface area contributed by atoms with E-state index in [9.17, 15) is 4.79 Å². The van der Waals surface area contributed by atoms with Gasteiger partial charge in [-0.05, 0) is 26.9 Å². The minimum absolute atomic E-state index is 0.178. The lowest BCUT2D eigenvalue weighted by atomic mass is 10.1. The number of likely N-dealkylation sites (N-methyl/N-ethyl adjacent to an activating group) is 1. The zero-order valence-corrected chi connectivity index (χ0v) is 11.0. The summed E-state index contributed by atoms with van der Waals surface area (Å²) in [6, 6.07) is 0.0199. The Morgan fingerprint density at radius 1 is 1.59 bits per heavy atom. The van der Waals surface area contributed by atoms with Crippen molar-refractivity contribution in [2.75, 3.05) is 40.4 Å². The molecule has 0 aromatic heterocycles. The molecule has 1 rings (SSSR count). The van der Waals surface area contributed by atoms with E-state index in [4.69, 9.17) is 10.6 Å². The number of nitrogens with zero attached hydrogens (tertiary/aromatic N) is 2. The number of rotatable bonds is 4. The molecule has 0 aromatic carbocycles. The Bertz CT molecular complexity index is 250. The van der Waals surface area contributed by atoms with Crippen LogP contribution in [0.15, 0.2) is 0 Å². The summed E-state index contributed by atoms with van der Waals surface area (Å²) in [5.41, 5.74) is 2.23. The first kappa shape index (κ1) is 14.4. The topological polar surface area (TPSA) is 70.8 Å². The second-order valence-electron chi connectivity index (χ2n) is 4.68. The maximum absolute atomic E-state index is 11.8. The fourth-order valence-electron chi connectivity index (χ4n) is 2.43. The number of hydrazine groups is 1. The van der Waals surface area contributed by atoms with E-state index in [1.165, 1.54) is 0 Å². The minimum atomic E-state index is -0.300. The number of carbonyl (C=O) groups excluding carboxylic acids is 1. The number of nitrogens with one attached hydrogen (secondary N) is 1. The van der Waals surface area contributed by atoms with Crippen LogP contribution >= 0.6 is 0 Å². The Hall–Kier alpha value is -0.690. The third-order valence-corrected chi connectivity index (χ3v) is 3.27. The molecule has 0 spiro atoms. The molecule has 1 saturated heterocycles. The fraction of sp³-hybridized carbons (Fsp3) is 0.909. The molecule has 0 aromatic rings. The summed E-state index contributed by atoms with van der Waals surface area (Å²) in [6.07, 6.45) is 1.05. The third-order valence-electron chi connectivity index (χ3n) is 3.27. The summed E-state index contributed by atoms with van der Waals surface area (Å²) >= 11 is 0. The average molecular weight is 244 g/mol. The highest BCUT2D eigenvalue weighted by Crippen LogP contribution is 2.13. The Labute approximate surface area is 103 Å². The van der Waals surface area contributed by atoms with E-state index in [-0.39, 0.29) is 11.9 Å². The van der Waals surface area contributed by atoms with Crippen LogP contribution in [0.1, 0.15) is 13.3 Å². The van der Waals surface area contributed by atoms with Crippen LogP contribution in [0.3, 0.4) is 0 Å². The summed E-state index contributed by atoms with van der Waals surface area (Å²) in [4.78, 5) is 16.2. The normalized spacial score (nSPS) is 25.3. The van der Waals surface area contributed by atoms with E-state index in [0.717, 1.165) is 26.1 Å². The van der Waals surface area contributed by atoms with Crippen molar-refractivity contribution in [3.05, 3.63) is 0 Å². The second-order valence-corrected chi connectivity index (χ2v) is 4.68. The van der Waals surface area contributed by atoms with Crippen LogP contribution in [-0.2, 0) is 9.53 Å². The molecule has 1 amide bonds. The average Bonchev–Trinajstić information content (AvgIpc) is 2.46. The highest BCUT2D eigenvalue weighted by molar-refractivity contribution is 5.81. The van der Waals surface area contributed by atoms with Crippen molar-refractivity contribution >= 4 is 5.91 Å². The van der Waals surface area contributed by atoms with Crippen molar-refractivity contribution in [2.45, 2.75) is 25.4 Å². The van der Waals surface area contributed by atoms with E-state index >= 15 is 0 Å². The molecule has 100 valence electrons. The molecule has 1 fully saturated rings. The molecular formula is C11H24N4O2. The fourth-order valence-corrected chi connectivity index (χ4v) is 2.43. The largest absolute Gasteiger partial charge is 0.383 e. The maximum atomic E-state index is 11.8. The van der Waals surface area contributed by atoms with E-state index < -0.39 is 0 Å². The van der Waals surface area contributed by atoms with Crippen molar-refractivity contribution in [2.24, 2.45) is 5.84 Å². The molecule has 0 bridgehead atoms. The van der Waals surface area contributed by atoms with Gasteiger partial charge in [0.2, 0.25) is 0 Å². The molecule has 6 nitrogen and oxygen atoms in total. The van der Waals surface area contributed by atoms with Gasteiger partial charge in [-0.15, -0.1) is 0 Å². The monoisotopic (exact) mass is 244 g/mol. The van der Waals surface area contributed by atoms with Crippen LogP contribution in [0, 0.1) is 0 Å². The Balaban J connectivity index is 2.73. The third kappa shape index (κ3) is 3.92. The molecule has 1 aliphatic heterocycles. The molecule has 0 aliphatic carbocycles. The number of hydrogen-bond donors (Lipinski definition) is 2. The summed E-state index contributed by atoms with van der Waals surface area (Å²) in [7, 11) is 3.71.